The van der Waals surface area contributed by atoms with Gasteiger partial charge in [0.1, 0.15) is 0 Å². The summed E-state index contributed by atoms with van der Waals surface area (Å²) in [5.41, 5.74) is 0. The Balaban J connectivity index is 1.93. The summed E-state index contributed by atoms with van der Waals surface area (Å²) in [4.78, 5) is 25.4. The zero-order chi connectivity index (χ0) is 13.0. The number of carbonyl (C=O) groups is 2. The summed E-state index contributed by atoms with van der Waals surface area (Å²) in [7, 11) is 0. The Kier molecular flexibility index (Phi) is 4.87. The minimum atomic E-state index is -0.270. The van der Waals surface area contributed by atoms with Crippen molar-refractivity contribution in [2.75, 3.05) is 12.4 Å². The van der Waals surface area contributed by atoms with Gasteiger partial charge in [0, 0.05) is 24.9 Å². The van der Waals surface area contributed by atoms with Crippen molar-refractivity contribution in [1.82, 2.24) is 10.2 Å². The average Bonchev–Trinajstić information content (AvgIpc) is 2.38. The Morgan fingerprint density at radius 1 is 1.17 bits per heavy atom. The number of urea groups is 1. The minimum absolute atomic E-state index is 0.204. The molecule has 0 aromatic heterocycles. The van der Waals surface area contributed by atoms with Crippen LogP contribution in [0.3, 0.4) is 0 Å². The zero-order valence-corrected chi connectivity index (χ0v) is 11.4. The topological polar surface area (TPSA) is 49.4 Å². The summed E-state index contributed by atoms with van der Waals surface area (Å²) < 4.78 is 0. The number of nitrogens with one attached hydrogen (secondary N) is 1. The molecule has 1 saturated carbocycles. The van der Waals surface area contributed by atoms with Crippen molar-refractivity contribution in [2.24, 2.45) is 5.92 Å². The SMILES string of the molecule is O=C(CCCl)NC(=O)N1CCC[C@H]2CCCC[C@H]21. The quantitative estimate of drug-likeness (QED) is 0.785. The van der Waals surface area contributed by atoms with E-state index in [-0.39, 0.29) is 24.2 Å². The molecule has 1 saturated heterocycles. The third kappa shape index (κ3) is 3.16. The Morgan fingerprint density at radius 2 is 1.89 bits per heavy atom. The molecule has 1 N–H and O–H groups in total. The Hall–Kier alpha value is -0.770. The fraction of sp³-hybridized carbons (Fsp3) is 0.846. The summed E-state index contributed by atoms with van der Waals surface area (Å²) in [5.74, 6) is 0.625. The van der Waals surface area contributed by atoms with Crippen LogP contribution in [0.1, 0.15) is 44.9 Å². The van der Waals surface area contributed by atoms with Crippen molar-refractivity contribution >= 4 is 23.5 Å². The summed E-state index contributed by atoms with van der Waals surface area (Å²) in [6.45, 7) is 0.779. The highest BCUT2D eigenvalue weighted by Crippen LogP contribution is 2.35. The fourth-order valence-corrected chi connectivity index (χ4v) is 3.39. The van der Waals surface area contributed by atoms with Gasteiger partial charge in [0.15, 0.2) is 0 Å². The first-order chi connectivity index (χ1) is 8.72. The smallest absolute Gasteiger partial charge is 0.321 e. The number of hydrogen-bond donors (Lipinski definition) is 1. The number of likely N-dealkylation sites (tertiary alicyclic amines) is 1. The Labute approximate surface area is 113 Å². The third-order valence-corrected chi connectivity index (χ3v) is 4.26. The van der Waals surface area contributed by atoms with Crippen molar-refractivity contribution in [1.29, 1.82) is 0 Å². The maximum absolute atomic E-state index is 12.1. The molecule has 1 aliphatic heterocycles. The van der Waals surface area contributed by atoms with Crippen LogP contribution in [-0.4, -0.2) is 35.3 Å². The van der Waals surface area contributed by atoms with Crippen molar-refractivity contribution in [3.8, 4) is 0 Å². The second-order valence-electron chi connectivity index (χ2n) is 5.24. The van der Waals surface area contributed by atoms with Crippen LogP contribution in [-0.2, 0) is 4.79 Å². The summed E-state index contributed by atoms with van der Waals surface area (Å²) in [6.07, 6.45) is 7.27. The summed E-state index contributed by atoms with van der Waals surface area (Å²) >= 11 is 5.49. The lowest BCUT2D eigenvalue weighted by Gasteiger charge is -2.43. The Morgan fingerprint density at radius 3 is 2.67 bits per heavy atom. The predicted octanol–water partition coefficient (Wildman–Crippen LogP) is 2.51. The van der Waals surface area contributed by atoms with Crippen molar-refractivity contribution in [2.45, 2.75) is 51.0 Å². The van der Waals surface area contributed by atoms with Crippen LogP contribution in [0.2, 0.25) is 0 Å². The number of imide groups is 1. The van der Waals surface area contributed by atoms with Crippen molar-refractivity contribution < 1.29 is 9.59 Å². The lowest BCUT2D eigenvalue weighted by atomic mass is 9.78. The monoisotopic (exact) mass is 272 g/mol. The molecule has 4 nitrogen and oxygen atoms in total. The number of fused-ring (bicyclic) bond motifs is 1. The molecule has 102 valence electrons. The van der Waals surface area contributed by atoms with Gasteiger partial charge in [0.2, 0.25) is 5.91 Å². The minimum Gasteiger partial charge on any atom is -0.321 e. The van der Waals surface area contributed by atoms with Gasteiger partial charge in [-0.1, -0.05) is 12.8 Å². The highest BCUT2D eigenvalue weighted by Gasteiger charge is 2.35. The van der Waals surface area contributed by atoms with Gasteiger partial charge < -0.3 is 4.90 Å². The molecule has 0 bridgehead atoms. The normalized spacial score (nSPS) is 27.5. The number of hydrogen-bond acceptors (Lipinski definition) is 2. The molecule has 0 unspecified atom stereocenters. The maximum atomic E-state index is 12.1. The zero-order valence-electron chi connectivity index (χ0n) is 10.7. The van der Waals surface area contributed by atoms with Crippen LogP contribution in [0, 0.1) is 5.92 Å². The van der Waals surface area contributed by atoms with Gasteiger partial charge in [-0.15, -0.1) is 11.6 Å². The van der Waals surface area contributed by atoms with Gasteiger partial charge >= 0.3 is 6.03 Å². The van der Waals surface area contributed by atoms with E-state index in [9.17, 15) is 9.59 Å². The molecule has 5 heteroatoms. The van der Waals surface area contributed by atoms with E-state index in [4.69, 9.17) is 11.6 Å². The second-order valence-corrected chi connectivity index (χ2v) is 5.62. The molecule has 2 atom stereocenters. The fourth-order valence-electron chi connectivity index (χ4n) is 3.22. The largest absolute Gasteiger partial charge is 0.324 e. The standard InChI is InChI=1S/C13H21ClN2O2/c14-8-7-12(17)15-13(18)16-9-3-5-10-4-1-2-6-11(10)16/h10-11H,1-9H2,(H,15,17,18)/t10-,11-/m1/s1. The van der Waals surface area contributed by atoms with Gasteiger partial charge in [-0.2, -0.15) is 0 Å². The highest BCUT2D eigenvalue weighted by molar-refractivity contribution is 6.19. The van der Waals surface area contributed by atoms with E-state index in [1.807, 2.05) is 4.90 Å². The van der Waals surface area contributed by atoms with Crippen LogP contribution in [0.25, 0.3) is 0 Å². The van der Waals surface area contributed by atoms with Gasteiger partial charge in [0.05, 0.1) is 0 Å². The van der Waals surface area contributed by atoms with E-state index in [0.717, 1.165) is 19.4 Å². The van der Waals surface area contributed by atoms with Crippen molar-refractivity contribution in [3.63, 3.8) is 0 Å². The average molecular weight is 273 g/mol. The van der Waals surface area contributed by atoms with E-state index in [1.54, 1.807) is 0 Å². The van der Waals surface area contributed by atoms with Gasteiger partial charge in [-0.05, 0) is 31.6 Å². The number of alkyl halides is 1. The van der Waals surface area contributed by atoms with E-state index in [2.05, 4.69) is 5.32 Å². The maximum Gasteiger partial charge on any atom is 0.324 e. The molecule has 0 aromatic rings. The molecule has 2 rings (SSSR count). The number of carbonyl (C=O) groups excluding carboxylic acids is 2. The van der Waals surface area contributed by atoms with E-state index in [0.29, 0.717) is 12.0 Å². The van der Waals surface area contributed by atoms with Crippen LogP contribution >= 0.6 is 11.6 Å². The molecule has 3 amide bonds. The first-order valence-electron chi connectivity index (χ1n) is 6.89. The molecule has 1 heterocycles. The molecule has 2 fully saturated rings. The number of rotatable bonds is 2. The molecule has 2 aliphatic rings. The number of piperidine rings is 1. The summed E-state index contributed by atoms with van der Waals surface area (Å²) in [6, 6.07) is 0.123. The molecular weight excluding hydrogens is 252 g/mol. The van der Waals surface area contributed by atoms with Crippen LogP contribution in [0.15, 0.2) is 0 Å². The predicted molar refractivity (Wildman–Crippen MR) is 70.6 cm³/mol. The van der Waals surface area contributed by atoms with Crippen LogP contribution in [0.4, 0.5) is 4.79 Å². The lowest BCUT2D eigenvalue weighted by Crippen LogP contribution is -2.54. The van der Waals surface area contributed by atoms with Gasteiger partial charge in [-0.25, -0.2) is 4.79 Å². The second kappa shape index (κ2) is 6.41. The molecule has 1 aliphatic carbocycles. The first kappa shape index (κ1) is 13.7. The Bertz CT molecular complexity index is 320. The van der Waals surface area contributed by atoms with Crippen LogP contribution < -0.4 is 5.32 Å². The molecule has 0 aromatic carbocycles. The molecule has 18 heavy (non-hydrogen) atoms. The van der Waals surface area contributed by atoms with E-state index < -0.39 is 0 Å². The molecule has 0 spiro atoms. The summed E-state index contributed by atoms with van der Waals surface area (Å²) in [5, 5.41) is 2.45. The number of nitrogens with zero attached hydrogens (tertiary/aromatic N) is 1. The molecule has 0 radical (unpaired) electrons. The van der Waals surface area contributed by atoms with Crippen molar-refractivity contribution in [3.05, 3.63) is 0 Å². The lowest BCUT2D eigenvalue weighted by molar-refractivity contribution is -0.119. The molecular formula is C13H21ClN2O2. The van der Waals surface area contributed by atoms with E-state index in [1.165, 1.54) is 25.7 Å². The first-order valence-corrected chi connectivity index (χ1v) is 7.42. The van der Waals surface area contributed by atoms with Gasteiger partial charge in [-0.3, -0.25) is 10.1 Å². The number of halogens is 1. The van der Waals surface area contributed by atoms with Crippen LogP contribution in [0.5, 0.6) is 0 Å². The number of amides is 3. The highest BCUT2D eigenvalue weighted by atomic mass is 35.5. The van der Waals surface area contributed by atoms with Gasteiger partial charge in [0.25, 0.3) is 0 Å². The van der Waals surface area contributed by atoms with E-state index >= 15 is 0 Å². The third-order valence-electron chi connectivity index (χ3n) is 4.07.